The van der Waals surface area contributed by atoms with Crippen LogP contribution in [-0.2, 0) is 6.42 Å². The van der Waals surface area contributed by atoms with Gasteiger partial charge in [0.25, 0.3) is 0 Å². The molecule has 3 rings (SSSR count). The van der Waals surface area contributed by atoms with Crippen LogP contribution in [0.2, 0.25) is 10.0 Å². The molecule has 2 N–H and O–H groups in total. The molecule has 1 aromatic heterocycles. The summed E-state index contributed by atoms with van der Waals surface area (Å²) in [6, 6.07) is 5.15. The molecule has 0 aliphatic heterocycles. The lowest BCUT2D eigenvalue weighted by molar-refractivity contribution is 0.105. The summed E-state index contributed by atoms with van der Waals surface area (Å²) < 4.78 is 5.85. The van der Waals surface area contributed by atoms with Gasteiger partial charge in [0, 0.05) is 22.4 Å². The highest BCUT2D eigenvalue weighted by Gasteiger charge is 2.28. The lowest BCUT2D eigenvalue weighted by Crippen LogP contribution is -2.23. The summed E-state index contributed by atoms with van der Waals surface area (Å²) in [5.74, 6) is 1.43. The summed E-state index contributed by atoms with van der Waals surface area (Å²) in [5, 5.41) is 25.3. The van der Waals surface area contributed by atoms with Gasteiger partial charge in [0.05, 0.1) is 12.7 Å². The Bertz CT molecular complexity index is 732. The zero-order valence-electron chi connectivity index (χ0n) is 15.1. The van der Waals surface area contributed by atoms with Crippen LogP contribution < -0.4 is 4.74 Å². The number of ether oxygens (including phenoxy) is 1. The van der Waals surface area contributed by atoms with Crippen molar-refractivity contribution in [3.8, 4) is 5.75 Å². The number of hydrogen-bond acceptors (Lipinski definition) is 5. The largest absolute Gasteiger partial charge is 0.493 e. The zero-order valence-corrected chi connectivity index (χ0v) is 16.6. The average molecular weight is 411 g/mol. The number of H-pyrrole nitrogens is 1. The minimum absolute atomic E-state index is 0.0297. The van der Waals surface area contributed by atoms with Crippen LogP contribution in [0.3, 0.4) is 0 Å². The molecule has 2 aromatic rings. The maximum Gasteiger partial charge on any atom is 0.174 e. The monoisotopic (exact) mass is 410 g/mol. The summed E-state index contributed by atoms with van der Waals surface area (Å²) in [6.45, 7) is 0.432. The normalized spacial score (nSPS) is 19.3. The van der Waals surface area contributed by atoms with E-state index in [0.29, 0.717) is 28.8 Å². The Labute approximate surface area is 168 Å². The molecule has 1 aliphatic rings. The van der Waals surface area contributed by atoms with Gasteiger partial charge < -0.3 is 9.84 Å². The molecule has 1 aromatic carbocycles. The van der Waals surface area contributed by atoms with E-state index in [1.165, 1.54) is 5.57 Å². The number of unbranched alkanes of at least 4 members (excludes halogenated alkanes) is 3. The average Bonchev–Trinajstić information content (AvgIpc) is 3.25. The molecule has 1 aliphatic carbocycles. The Balaban J connectivity index is 1.38. The number of aliphatic hydroxyl groups is 1. The molecule has 0 spiro atoms. The van der Waals surface area contributed by atoms with E-state index in [1.54, 1.807) is 18.2 Å². The quantitative estimate of drug-likeness (QED) is 0.448. The van der Waals surface area contributed by atoms with E-state index in [4.69, 9.17) is 27.9 Å². The van der Waals surface area contributed by atoms with Gasteiger partial charge in [0.1, 0.15) is 5.75 Å². The molecule has 146 valence electrons. The highest BCUT2D eigenvalue weighted by atomic mass is 35.5. The summed E-state index contributed by atoms with van der Waals surface area (Å²) in [7, 11) is 0. The molecular weight excluding hydrogens is 387 g/mol. The third kappa shape index (κ3) is 6.19. The standard InChI is InChI=1S/C19H24Cl2N4O2/c20-14-9-15(21)11-16(10-14)27-12-17-13(7-8-18(17)26)5-3-1-2-4-6-19-22-24-25-23-19/h7,9-11,17-18,26H,1-6,8,12H2,(H,22,23,24,25)/t17-,18-/m1/s1. The number of halogens is 2. The Hall–Kier alpha value is -1.63. The Kier molecular flexibility index (Phi) is 7.50. The van der Waals surface area contributed by atoms with Gasteiger partial charge in [-0.3, -0.25) is 0 Å². The first kappa shape index (κ1) is 20.1. The summed E-state index contributed by atoms with van der Waals surface area (Å²) in [6.07, 6.45) is 8.75. The highest BCUT2D eigenvalue weighted by Crippen LogP contribution is 2.32. The molecule has 1 heterocycles. The molecule has 8 heteroatoms. The predicted molar refractivity (Wildman–Crippen MR) is 105 cm³/mol. The van der Waals surface area contributed by atoms with Crippen LogP contribution in [0, 0.1) is 5.92 Å². The first-order valence-electron chi connectivity index (χ1n) is 9.30. The van der Waals surface area contributed by atoms with E-state index in [9.17, 15) is 5.11 Å². The smallest absolute Gasteiger partial charge is 0.174 e. The Morgan fingerprint density at radius 3 is 2.52 bits per heavy atom. The van der Waals surface area contributed by atoms with Crippen LogP contribution >= 0.6 is 23.2 Å². The van der Waals surface area contributed by atoms with Crippen molar-refractivity contribution in [3.05, 3.63) is 45.7 Å². The number of nitrogens with one attached hydrogen (secondary N) is 1. The second-order valence-electron chi connectivity index (χ2n) is 6.85. The number of benzene rings is 1. The first-order chi connectivity index (χ1) is 13.1. The van der Waals surface area contributed by atoms with Crippen molar-refractivity contribution in [2.45, 2.75) is 51.0 Å². The highest BCUT2D eigenvalue weighted by molar-refractivity contribution is 6.34. The number of aliphatic hydroxyl groups excluding tert-OH is 1. The van der Waals surface area contributed by atoms with E-state index >= 15 is 0 Å². The second-order valence-corrected chi connectivity index (χ2v) is 7.72. The van der Waals surface area contributed by atoms with Gasteiger partial charge >= 0.3 is 0 Å². The van der Waals surface area contributed by atoms with Gasteiger partial charge in [-0.05, 0) is 43.9 Å². The topological polar surface area (TPSA) is 83.9 Å². The molecule has 0 bridgehead atoms. The number of aryl methyl sites for hydroxylation is 1. The predicted octanol–water partition coefficient (Wildman–Crippen LogP) is 4.39. The SMILES string of the molecule is O[C@@H]1CC=C(CCCCCCc2nn[nH]n2)[C@H]1COc1cc(Cl)cc(Cl)c1. The van der Waals surface area contributed by atoms with Crippen LogP contribution in [0.1, 0.15) is 44.3 Å². The molecule has 2 atom stereocenters. The zero-order chi connectivity index (χ0) is 19.1. The van der Waals surface area contributed by atoms with Crippen LogP contribution in [0.25, 0.3) is 0 Å². The number of aromatic amines is 1. The van der Waals surface area contributed by atoms with Crippen molar-refractivity contribution < 1.29 is 9.84 Å². The van der Waals surface area contributed by atoms with Gasteiger partial charge in [0.2, 0.25) is 0 Å². The molecule has 0 fully saturated rings. The molecular formula is C19H24Cl2N4O2. The minimum Gasteiger partial charge on any atom is -0.493 e. The van der Waals surface area contributed by atoms with Crippen LogP contribution in [0.15, 0.2) is 29.8 Å². The van der Waals surface area contributed by atoms with Crippen LogP contribution in [0.5, 0.6) is 5.75 Å². The molecule has 6 nitrogen and oxygen atoms in total. The maximum absolute atomic E-state index is 10.3. The van der Waals surface area contributed by atoms with E-state index in [-0.39, 0.29) is 12.0 Å². The number of rotatable bonds is 10. The number of nitrogens with zero attached hydrogens (tertiary/aromatic N) is 3. The van der Waals surface area contributed by atoms with Gasteiger partial charge in [-0.15, -0.1) is 10.2 Å². The molecule has 0 saturated carbocycles. The molecule has 0 amide bonds. The number of aromatic nitrogens is 4. The lowest BCUT2D eigenvalue weighted by atomic mass is 9.95. The lowest BCUT2D eigenvalue weighted by Gasteiger charge is -2.20. The van der Waals surface area contributed by atoms with Gasteiger partial charge in [-0.2, -0.15) is 5.21 Å². The van der Waals surface area contributed by atoms with E-state index in [0.717, 1.165) is 44.3 Å². The van der Waals surface area contributed by atoms with Crippen molar-refractivity contribution in [1.82, 2.24) is 20.6 Å². The number of hydrogen-bond donors (Lipinski definition) is 2. The van der Waals surface area contributed by atoms with Gasteiger partial charge in [0.15, 0.2) is 5.82 Å². The fourth-order valence-electron chi connectivity index (χ4n) is 3.39. The molecule has 0 saturated heterocycles. The van der Waals surface area contributed by atoms with E-state index in [1.807, 2.05) is 0 Å². The summed E-state index contributed by atoms with van der Waals surface area (Å²) >= 11 is 12.0. The fourth-order valence-corrected chi connectivity index (χ4v) is 3.90. The third-order valence-electron chi connectivity index (χ3n) is 4.83. The van der Waals surface area contributed by atoms with Crippen LogP contribution in [0.4, 0.5) is 0 Å². The Morgan fingerprint density at radius 1 is 1.07 bits per heavy atom. The molecule has 27 heavy (non-hydrogen) atoms. The van der Waals surface area contributed by atoms with Crippen LogP contribution in [-0.4, -0.2) is 38.4 Å². The van der Waals surface area contributed by atoms with Gasteiger partial charge in [-0.1, -0.05) is 52.9 Å². The van der Waals surface area contributed by atoms with Crippen molar-refractivity contribution >= 4 is 23.2 Å². The number of tetrazole rings is 1. The van der Waals surface area contributed by atoms with Gasteiger partial charge in [-0.25, -0.2) is 0 Å². The van der Waals surface area contributed by atoms with Crippen molar-refractivity contribution in [3.63, 3.8) is 0 Å². The molecule has 0 radical (unpaired) electrons. The maximum atomic E-state index is 10.3. The van der Waals surface area contributed by atoms with E-state index < -0.39 is 0 Å². The van der Waals surface area contributed by atoms with Crippen molar-refractivity contribution in [2.24, 2.45) is 5.92 Å². The van der Waals surface area contributed by atoms with E-state index in [2.05, 4.69) is 26.7 Å². The van der Waals surface area contributed by atoms with Crippen molar-refractivity contribution in [2.75, 3.05) is 6.61 Å². The Morgan fingerprint density at radius 2 is 1.81 bits per heavy atom. The third-order valence-corrected chi connectivity index (χ3v) is 5.27. The summed E-state index contributed by atoms with van der Waals surface area (Å²) in [5.41, 5.74) is 1.29. The fraction of sp³-hybridized carbons (Fsp3) is 0.526. The summed E-state index contributed by atoms with van der Waals surface area (Å²) in [4.78, 5) is 0. The van der Waals surface area contributed by atoms with Crippen molar-refractivity contribution in [1.29, 1.82) is 0 Å². The first-order valence-corrected chi connectivity index (χ1v) is 10.1. The minimum atomic E-state index is -0.382. The second kappa shape index (κ2) is 10.1. The molecule has 0 unspecified atom stereocenters.